The summed E-state index contributed by atoms with van der Waals surface area (Å²) in [6.45, 7) is -0.674. The highest BCUT2D eigenvalue weighted by Crippen LogP contribution is 2.06. The lowest BCUT2D eigenvalue weighted by atomic mass is 10.3. The molecule has 0 spiro atoms. The molecule has 0 bridgehead atoms. The smallest absolute Gasteiger partial charge is 0.285 e. The van der Waals surface area contributed by atoms with Gasteiger partial charge < -0.3 is 14.8 Å². The van der Waals surface area contributed by atoms with Crippen LogP contribution < -0.4 is 5.56 Å². The first-order chi connectivity index (χ1) is 7.04. The van der Waals surface area contributed by atoms with E-state index >= 15 is 0 Å². The molecule has 1 heterocycles. The number of nitro groups is 1. The molecule has 0 saturated carbocycles. The highest BCUT2D eigenvalue weighted by atomic mass is 16.6. The second kappa shape index (κ2) is 4.67. The van der Waals surface area contributed by atoms with Crippen molar-refractivity contribution in [1.29, 1.82) is 0 Å². The van der Waals surface area contributed by atoms with Gasteiger partial charge in [-0.15, -0.1) is 0 Å². The van der Waals surface area contributed by atoms with Gasteiger partial charge in [0.25, 0.3) is 11.2 Å². The Hall–Kier alpha value is -1.73. The Kier molecular flexibility index (Phi) is 3.53. The lowest BCUT2D eigenvalue weighted by Gasteiger charge is -2.08. The minimum absolute atomic E-state index is 0.170. The molecule has 2 N–H and O–H groups in total. The molecule has 7 nitrogen and oxygen atoms in total. The molecule has 0 fully saturated rings. The molecular formula is C8H10N2O5. The van der Waals surface area contributed by atoms with Crippen molar-refractivity contribution in [3.8, 4) is 0 Å². The van der Waals surface area contributed by atoms with E-state index in [0.717, 1.165) is 22.9 Å². The van der Waals surface area contributed by atoms with Crippen LogP contribution in [-0.2, 0) is 6.54 Å². The molecule has 7 heteroatoms. The van der Waals surface area contributed by atoms with E-state index < -0.39 is 23.2 Å². The second-order valence-corrected chi connectivity index (χ2v) is 2.97. The number of rotatable bonds is 4. The Labute approximate surface area is 84.4 Å². The van der Waals surface area contributed by atoms with Gasteiger partial charge in [-0.2, -0.15) is 0 Å². The van der Waals surface area contributed by atoms with Crippen LogP contribution in [0, 0.1) is 10.1 Å². The first-order valence-electron chi connectivity index (χ1n) is 4.18. The third-order valence-electron chi connectivity index (χ3n) is 1.80. The van der Waals surface area contributed by atoms with Crippen molar-refractivity contribution in [1.82, 2.24) is 4.57 Å². The third-order valence-corrected chi connectivity index (χ3v) is 1.80. The Bertz CT molecular complexity index is 414. The molecule has 0 aliphatic heterocycles. The second-order valence-electron chi connectivity index (χ2n) is 2.97. The monoisotopic (exact) mass is 214 g/mol. The summed E-state index contributed by atoms with van der Waals surface area (Å²) in [5.74, 6) is 0. The summed E-state index contributed by atoms with van der Waals surface area (Å²) in [6, 6.07) is 2.13. The largest absolute Gasteiger partial charge is 0.394 e. The Morgan fingerprint density at radius 2 is 2.20 bits per heavy atom. The lowest BCUT2D eigenvalue weighted by Crippen LogP contribution is -2.27. The molecule has 1 aromatic heterocycles. The maximum Gasteiger partial charge on any atom is 0.285 e. The molecule has 0 saturated heterocycles. The molecule has 0 aliphatic rings. The van der Waals surface area contributed by atoms with Gasteiger partial charge in [0.15, 0.2) is 0 Å². The van der Waals surface area contributed by atoms with E-state index in [2.05, 4.69) is 0 Å². The summed E-state index contributed by atoms with van der Waals surface area (Å²) in [4.78, 5) is 21.0. The number of aliphatic hydroxyl groups excluding tert-OH is 2. The van der Waals surface area contributed by atoms with Crippen molar-refractivity contribution in [3.63, 3.8) is 0 Å². The van der Waals surface area contributed by atoms with E-state index in [1.807, 2.05) is 0 Å². The zero-order valence-corrected chi connectivity index (χ0v) is 7.74. The zero-order chi connectivity index (χ0) is 11.4. The van der Waals surface area contributed by atoms with E-state index in [4.69, 9.17) is 10.2 Å². The van der Waals surface area contributed by atoms with Crippen molar-refractivity contribution < 1.29 is 15.1 Å². The average molecular weight is 214 g/mol. The summed E-state index contributed by atoms with van der Waals surface area (Å²) in [7, 11) is 0. The molecule has 0 amide bonds. The van der Waals surface area contributed by atoms with Gasteiger partial charge in [-0.05, 0) is 0 Å². The van der Waals surface area contributed by atoms with Crippen LogP contribution in [0.4, 0.5) is 5.69 Å². The fourth-order valence-corrected chi connectivity index (χ4v) is 1.05. The van der Waals surface area contributed by atoms with Crippen molar-refractivity contribution in [2.45, 2.75) is 12.6 Å². The fraction of sp³-hybridized carbons (Fsp3) is 0.375. The van der Waals surface area contributed by atoms with E-state index in [9.17, 15) is 14.9 Å². The number of nitrogens with zero attached hydrogens (tertiary/aromatic N) is 2. The van der Waals surface area contributed by atoms with Gasteiger partial charge in [0.1, 0.15) is 0 Å². The van der Waals surface area contributed by atoms with Crippen LogP contribution in [0.1, 0.15) is 0 Å². The lowest BCUT2D eigenvalue weighted by molar-refractivity contribution is -0.385. The van der Waals surface area contributed by atoms with Gasteiger partial charge in [0.05, 0.1) is 30.4 Å². The number of hydrogen-bond acceptors (Lipinski definition) is 5. The number of hydrogen-bond donors (Lipinski definition) is 2. The number of pyridine rings is 1. The van der Waals surface area contributed by atoms with Gasteiger partial charge in [0.2, 0.25) is 0 Å². The summed E-state index contributed by atoms with van der Waals surface area (Å²) in [5, 5.41) is 28.1. The van der Waals surface area contributed by atoms with E-state index in [1.165, 1.54) is 0 Å². The molecule has 1 atom stereocenters. The topological polar surface area (TPSA) is 106 Å². The maximum absolute atomic E-state index is 11.2. The summed E-state index contributed by atoms with van der Waals surface area (Å²) < 4.78 is 0.985. The average Bonchev–Trinajstić information content (AvgIpc) is 2.20. The van der Waals surface area contributed by atoms with Gasteiger partial charge in [-0.1, -0.05) is 0 Å². The first-order valence-corrected chi connectivity index (χ1v) is 4.18. The summed E-state index contributed by atoms with van der Waals surface area (Å²) >= 11 is 0. The zero-order valence-electron chi connectivity index (χ0n) is 7.74. The quantitative estimate of drug-likeness (QED) is 0.499. The van der Waals surface area contributed by atoms with Crippen molar-refractivity contribution >= 4 is 5.69 Å². The Balaban J connectivity index is 3.00. The maximum atomic E-state index is 11.2. The first kappa shape index (κ1) is 11.3. The minimum Gasteiger partial charge on any atom is -0.394 e. The molecule has 1 aromatic rings. The Morgan fingerprint density at radius 3 is 2.73 bits per heavy atom. The van der Waals surface area contributed by atoms with Crippen LogP contribution in [-0.4, -0.2) is 32.4 Å². The molecule has 1 rings (SSSR count). The van der Waals surface area contributed by atoms with Gasteiger partial charge in [-0.25, -0.2) is 0 Å². The van der Waals surface area contributed by atoms with E-state index in [1.54, 1.807) is 0 Å². The van der Waals surface area contributed by atoms with E-state index in [-0.39, 0.29) is 12.2 Å². The molecule has 0 aromatic carbocycles. The van der Waals surface area contributed by atoms with Crippen LogP contribution in [0.5, 0.6) is 0 Å². The van der Waals surface area contributed by atoms with Gasteiger partial charge in [-0.3, -0.25) is 14.9 Å². The molecule has 0 radical (unpaired) electrons. The molecule has 15 heavy (non-hydrogen) atoms. The third kappa shape index (κ3) is 2.86. The van der Waals surface area contributed by atoms with Crippen LogP contribution in [0.25, 0.3) is 0 Å². The van der Waals surface area contributed by atoms with Crippen LogP contribution in [0.3, 0.4) is 0 Å². The predicted molar refractivity (Wildman–Crippen MR) is 50.4 cm³/mol. The van der Waals surface area contributed by atoms with Gasteiger partial charge >= 0.3 is 0 Å². The molecular weight excluding hydrogens is 204 g/mol. The van der Waals surface area contributed by atoms with Crippen LogP contribution in [0.2, 0.25) is 0 Å². The molecule has 1 unspecified atom stereocenters. The highest BCUT2D eigenvalue weighted by Gasteiger charge is 2.10. The fourth-order valence-electron chi connectivity index (χ4n) is 1.05. The summed E-state index contributed by atoms with van der Waals surface area (Å²) in [6.07, 6.45) is -0.0778. The normalized spacial score (nSPS) is 12.4. The van der Waals surface area contributed by atoms with Crippen LogP contribution >= 0.6 is 0 Å². The van der Waals surface area contributed by atoms with Crippen molar-refractivity contribution in [2.24, 2.45) is 0 Å². The molecule has 82 valence electrons. The Morgan fingerprint density at radius 1 is 1.53 bits per heavy atom. The number of aromatic nitrogens is 1. The standard InChI is InChI=1S/C8H10N2O5/c11-5-7(12)4-9-3-6(10(14)15)1-2-8(9)13/h1-3,7,11-12H,4-5H2. The minimum atomic E-state index is -1.11. The van der Waals surface area contributed by atoms with Crippen molar-refractivity contribution in [2.75, 3.05) is 6.61 Å². The van der Waals surface area contributed by atoms with E-state index in [0.29, 0.717) is 0 Å². The number of aliphatic hydroxyl groups is 2. The SMILES string of the molecule is O=c1ccc([N+](=O)[O-])cn1CC(O)CO. The molecule has 0 aliphatic carbocycles. The highest BCUT2D eigenvalue weighted by molar-refractivity contribution is 5.24. The summed E-state index contributed by atoms with van der Waals surface area (Å²) in [5.41, 5.74) is -0.701. The van der Waals surface area contributed by atoms with Crippen LogP contribution in [0.15, 0.2) is 23.1 Å². The van der Waals surface area contributed by atoms with Crippen molar-refractivity contribution in [3.05, 3.63) is 38.8 Å². The van der Waals surface area contributed by atoms with Gasteiger partial charge in [0, 0.05) is 12.1 Å². The predicted octanol–water partition coefficient (Wildman–Crippen LogP) is -0.890.